The molecule has 0 spiro atoms. The molecule has 41 heavy (non-hydrogen) atoms. The number of rotatable bonds is 9. The highest BCUT2D eigenvalue weighted by molar-refractivity contribution is 5.94. The van der Waals surface area contributed by atoms with Gasteiger partial charge in [-0.05, 0) is 69.5 Å². The lowest BCUT2D eigenvalue weighted by Crippen LogP contribution is -2.21. The van der Waals surface area contributed by atoms with Crippen molar-refractivity contribution in [3.63, 3.8) is 0 Å². The van der Waals surface area contributed by atoms with Gasteiger partial charge in [0.1, 0.15) is 5.60 Å². The van der Waals surface area contributed by atoms with Crippen molar-refractivity contribution < 1.29 is 14.3 Å². The summed E-state index contributed by atoms with van der Waals surface area (Å²) in [6.45, 7) is 29.4. The van der Waals surface area contributed by atoms with E-state index < -0.39 is 0 Å². The number of benzene rings is 2. The van der Waals surface area contributed by atoms with Crippen LogP contribution in [0.5, 0.6) is 0 Å². The van der Waals surface area contributed by atoms with E-state index in [1.807, 2.05) is 65.0 Å². The van der Waals surface area contributed by atoms with Crippen molar-refractivity contribution in [2.45, 2.75) is 141 Å². The molecular weight excluding hydrogens is 506 g/mol. The van der Waals surface area contributed by atoms with E-state index in [1.54, 1.807) is 6.92 Å². The van der Waals surface area contributed by atoms with Crippen molar-refractivity contribution in [2.24, 2.45) is 10.9 Å². The van der Waals surface area contributed by atoms with Gasteiger partial charge in [0.2, 0.25) is 0 Å². The molecule has 0 amide bonds. The van der Waals surface area contributed by atoms with E-state index in [2.05, 4.69) is 65.4 Å². The Labute approximate surface area is 254 Å². The molecule has 0 saturated heterocycles. The number of Topliss-reactive ketones (excluding diaryl/α,β-unsaturated/α-hetero) is 1. The molecule has 0 fully saturated rings. The van der Waals surface area contributed by atoms with Crippen LogP contribution >= 0.6 is 0 Å². The number of ketones is 1. The van der Waals surface area contributed by atoms with E-state index in [-0.39, 0.29) is 17.4 Å². The lowest BCUT2D eigenvalue weighted by Gasteiger charge is -2.17. The quantitative estimate of drug-likeness (QED) is 0.171. The number of nitrogens with zero attached hydrogens (tertiary/aromatic N) is 1. The summed E-state index contributed by atoms with van der Waals surface area (Å²) in [5.41, 5.74) is 4.70. The Morgan fingerprint density at radius 1 is 0.805 bits per heavy atom. The first-order valence-corrected chi connectivity index (χ1v) is 15.7. The standard InChI is InChI=1S/C17H17NO.C8H18.C6H12O2.C4H10.C2H6/c1-4-13-5-10-16(11-17(13)18-3)15-8-6-14(7-9-15)12(2)19;1-4-6-8(3)7-5-2;1-5(7)8-6(2,3)4;1-3-4-2;1-2/h5-11H,3-4H2,1-2H3;8H,4-7H2,1-3H3;1-4H3;3-4H2,1-2H3;1-2H3. The number of aryl methyl sites for hydroxylation is 1. The third kappa shape index (κ3) is 23.6. The highest BCUT2D eigenvalue weighted by atomic mass is 16.6. The van der Waals surface area contributed by atoms with Gasteiger partial charge in [-0.15, -0.1) is 0 Å². The first kappa shape index (κ1) is 42.7. The molecule has 0 aliphatic carbocycles. The van der Waals surface area contributed by atoms with Crippen LogP contribution in [0.15, 0.2) is 47.5 Å². The molecule has 0 heterocycles. The number of unbranched alkanes of at least 4 members (excludes halogenated alkanes) is 1. The van der Waals surface area contributed by atoms with Gasteiger partial charge in [-0.25, -0.2) is 0 Å². The molecule has 234 valence electrons. The first-order chi connectivity index (χ1) is 19.3. The lowest BCUT2D eigenvalue weighted by molar-refractivity contribution is -0.151. The van der Waals surface area contributed by atoms with E-state index in [0.29, 0.717) is 0 Å². The highest BCUT2D eigenvalue weighted by Crippen LogP contribution is 2.28. The van der Waals surface area contributed by atoms with Gasteiger partial charge in [0.25, 0.3) is 0 Å². The smallest absolute Gasteiger partial charge is 0.303 e. The third-order valence-corrected chi connectivity index (χ3v) is 5.77. The van der Waals surface area contributed by atoms with E-state index in [0.717, 1.165) is 34.7 Å². The minimum Gasteiger partial charge on any atom is -0.460 e. The molecular formula is C37H63NO3. The molecule has 0 radical (unpaired) electrons. The molecule has 2 aromatic rings. The predicted octanol–water partition coefficient (Wildman–Crippen LogP) is 11.9. The summed E-state index contributed by atoms with van der Waals surface area (Å²) in [5, 5.41) is 0. The zero-order valence-electron chi connectivity index (χ0n) is 28.9. The van der Waals surface area contributed by atoms with Crippen LogP contribution in [-0.4, -0.2) is 24.1 Å². The molecule has 0 atom stereocenters. The molecule has 0 saturated carbocycles. The van der Waals surface area contributed by atoms with Crippen LogP contribution in [0.1, 0.15) is 144 Å². The third-order valence-electron chi connectivity index (χ3n) is 5.77. The second-order valence-electron chi connectivity index (χ2n) is 10.9. The van der Waals surface area contributed by atoms with Gasteiger partial charge >= 0.3 is 5.97 Å². The number of hydrogen-bond acceptors (Lipinski definition) is 4. The summed E-state index contributed by atoms with van der Waals surface area (Å²) < 4.78 is 4.80. The van der Waals surface area contributed by atoms with E-state index in [4.69, 9.17) is 4.74 Å². The van der Waals surface area contributed by atoms with E-state index in [1.165, 1.54) is 51.0 Å². The predicted molar refractivity (Wildman–Crippen MR) is 183 cm³/mol. The van der Waals surface area contributed by atoms with Gasteiger partial charge in [-0.2, -0.15) is 0 Å². The van der Waals surface area contributed by atoms with Crippen LogP contribution in [-0.2, 0) is 16.0 Å². The van der Waals surface area contributed by atoms with E-state index >= 15 is 0 Å². The van der Waals surface area contributed by atoms with Gasteiger partial charge in [-0.1, -0.05) is 130 Å². The molecule has 2 rings (SSSR count). The highest BCUT2D eigenvalue weighted by Gasteiger charge is 2.11. The molecule has 0 aliphatic heterocycles. The van der Waals surface area contributed by atoms with Gasteiger partial charge in [0, 0.05) is 12.5 Å². The average Bonchev–Trinajstić information content (AvgIpc) is 2.93. The van der Waals surface area contributed by atoms with Crippen LogP contribution in [0.25, 0.3) is 11.1 Å². The SMILES string of the molecule is C=Nc1cc(-c2ccc(C(C)=O)cc2)ccc1CC.CC.CC(=O)OC(C)(C)C.CCCC.CCCC(C)CCC. The maximum atomic E-state index is 11.3. The van der Waals surface area contributed by atoms with Crippen molar-refractivity contribution in [3.8, 4) is 11.1 Å². The molecule has 0 aromatic heterocycles. The van der Waals surface area contributed by atoms with Crippen LogP contribution in [0.4, 0.5) is 5.69 Å². The van der Waals surface area contributed by atoms with Crippen LogP contribution in [0.2, 0.25) is 0 Å². The van der Waals surface area contributed by atoms with Crippen molar-refractivity contribution in [1.82, 2.24) is 0 Å². The Bertz CT molecular complexity index is 932. The van der Waals surface area contributed by atoms with Crippen LogP contribution < -0.4 is 0 Å². The van der Waals surface area contributed by atoms with Gasteiger partial charge in [0.15, 0.2) is 5.78 Å². The Hall–Kier alpha value is -2.75. The summed E-state index contributed by atoms with van der Waals surface area (Å²) in [7, 11) is 0. The second kappa shape index (κ2) is 26.2. The normalized spacial score (nSPS) is 9.80. The number of carbonyl (C=O) groups is 2. The van der Waals surface area contributed by atoms with Crippen molar-refractivity contribution in [3.05, 3.63) is 53.6 Å². The average molecular weight is 570 g/mol. The number of ether oxygens (including phenoxy) is 1. The van der Waals surface area contributed by atoms with Crippen molar-refractivity contribution in [1.29, 1.82) is 0 Å². The maximum Gasteiger partial charge on any atom is 0.303 e. The largest absolute Gasteiger partial charge is 0.460 e. The fraction of sp³-hybridized carbons (Fsp3) is 0.595. The summed E-state index contributed by atoms with van der Waals surface area (Å²) >= 11 is 0. The Morgan fingerprint density at radius 2 is 1.27 bits per heavy atom. The zero-order chi connectivity index (χ0) is 32.4. The Morgan fingerprint density at radius 3 is 1.56 bits per heavy atom. The van der Waals surface area contributed by atoms with E-state index in [9.17, 15) is 9.59 Å². The molecule has 4 nitrogen and oxygen atoms in total. The summed E-state index contributed by atoms with van der Waals surface area (Å²) in [6, 6.07) is 13.8. The van der Waals surface area contributed by atoms with Gasteiger partial charge in [-0.3, -0.25) is 14.6 Å². The Balaban J connectivity index is -0.000000547. The molecule has 2 aromatic carbocycles. The van der Waals surface area contributed by atoms with Crippen molar-refractivity contribution >= 4 is 24.2 Å². The zero-order valence-corrected chi connectivity index (χ0v) is 28.9. The number of carbonyl (C=O) groups excluding carboxylic acids is 2. The fourth-order valence-corrected chi connectivity index (χ4v) is 3.65. The first-order valence-electron chi connectivity index (χ1n) is 15.7. The molecule has 0 N–H and O–H groups in total. The summed E-state index contributed by atoms with van der Waals surface area (Å²) in [4.78, 5) is 25.6. The Kier molecular flexibility index (Phi) is 27.3. The minimum atomic E-state index is -0.328. The minimum absolute atomic E-state index is 0.0846. The van der Waals surface area contributed by atoms with Gasteiger partial charge in [0.05, 0.1) is 5.69 Å². The van der Waals surface area contributed by atoms with Crippen LogP contribution in [0.3, 0.4) is 0 Å². The lowest BCUT2D eigenvalue weighted by atomic mass is 10.00. The molecule has 4 heteroatoms. The topological polar surface area (TPSA) is 55.7 Å². The van der Waals surface area contributed by atoms with Crippen molar-refractivity contribution in [2.75, 3.05) is 0 Å². The molecule has 0 bridgehead atoms. The summed E-state index contributed by atoms with van der Waals surface area (Å²) in [6.07, 6.45) is 9.10. The number of aliphatic imine (C=N–C) groups is 1. The molecule has 0 aliphatic rings. The fourth-order valence-electron chi connectivity index (χ4n) is 3.65. The summed E-state index contributed by atoms with van der Waals surface area (Å²) in [5.74, 6) is 0.823. The monoisotopic (exact) mass is 569 g/mol. The second-order valence-corrected chi connectivity index (χ2v) is 10.9. The van der Waals surface area contributed by atoms with Crippen LogP contribution in [0, 0.1) is 5.92 Å². The number of hydrogen-bond donors (Lipinski definition) is 0. The number of esters is 1. The molecule has 0 unspecified atom stereocenters. The maximum absolute atomic E-state index is 11.3. The van der Waals surface area contributed by atoms with Gasteiger partial charge < -0.3 is 4.74 Å².